The van der Waals surface area contributed by atoms with Crippen LogP contribution in [0.5, 0.6) is 0 Å². The minimum absolute atomic E-state index is 0.0306. The molecule has 7 heteroatoms. The van der Waals surface area contributed by atoms with Gasteiger partial charge in [-0.1, -0.05) is 5.11 Å². The Morgan fingerprint density at radius 3 is 2.74 bits per heavy atom. The Kier molecular flexibility index (Phi) is 3.97. The lowest BCUT2D eigenvalue weighted by atomic mass is 10.0. The molecular formula is C12H19N5O2. The van der Waals surface area contributed by atoms with E-state index in [9.17, 15) is 0 Å². The summed E-state index contributed by atoms with van der Waals surface area (Å²) in [6.45, 7) is 4.10. The molecule has 1 unspecified atom stereocenters. The van der Waals surface area contributed by atoms with Gasteiger partial charge in [-0.05, 0) is 39.3 Å². The monoisotopic (exact) mass is 265 g/mol. The van der Waals surface area contributed by atoms with Crippen molar-refractivity contribution in [3.05, 3.63) is 10.4 Å². The minimum Gasteiger partial charge on any atom is -0.348 e. The molecule has 0 aliphatic carbocycles. The van der Waals surface area contributed by atoms with E-state index in [2.05, 4.69) is 16.1 Å². The van der Waals surface area contributed by atoms with Crippen LogP contribution in [0.15, 0.2) is 5.11 Å². The Balaban J connectivity index is 2.14. The Morgan fingerprint density at radius 1 is 1.53 bits per heavy atom. The van der Waals surface area contributed by atoms with Crippen LogP contribution >= 0.6 is 0 Å². The van der Waals surface area contributed by atoms with Crippen molar-refractivity contribution in [2.75, 3.05) is 13.7 Å². The molecule has 0 aromatic rings. The number of azide groups is 1. The smallest absolute Gasteiger partial charge is 0.163 e. The second-order valence-corrected chi connectivity index (χ2v) is 5.52. The van der Waals surface area contributed by atoms with Gasteiger partial charge in [0, 0.05) is 11.0 Å². The fourth-order valence-corrected chi connectivity index (χ4v) is 2.88. The number of likely N-dealkylation sites (N-methyl/N-ethyl adjacent to an activating group) is 1. The van der Waals surface area contributed by atoms with Crippen LogP contribution in [0.1, 0.15) is 26.7 Å². The third-order valence-electron chi connectivity index (χ3n) is 3.89. The van der Waals surface area contributed by atoms with Crippen LogP contribution in [0.4, 0.5) is 0 Å². The van der Waals surface area contributed by atoms with E-state index in [1.54, 1.807) is 0 Å². The molecule has 0 N–H and O–H groups in total. The summed E-state index contributed by atoms with van der Waals surface area (Å²) in [5.41, 5.74) is 8.78. The SMILES string of the molecule is CN1C(C#N)CC[C@@H]1[C@@H](N=[N+]=[N-])[C@H]1COC(C)(C)O1. The first-order valence-corrected chi connectivity index (χ1v) is 6.46. The van der Waals surface area contributed by atoms with Gasteiger partial charge in [0.1, 0.15) is 0 Å². The summed E-state index contributed by atoms with van der Waals surface area (Å²) in [4.78, 5) is 4.92. The largest absolute Gasteiger partial charge is 0.348 e. The Bertz CT molecular complexity index is 426. The van der Waals surface area contributed by atoms with Crippen LogP contribution in [-0.2, 0) is 9.47 Å². The maximum absolute atomic E-state index is 9.06. The third kappa shape index (κ3) is 2.82. The normalized spacial score (nSPS) is 35.6. The molecule has 2 heterocycles. The van der Waals surface area contributed by atoms with E-state index in [4.69, 9.17) is 20.3 Å². The predicted molar refractivity (Wildman–Crippen MR) is 68.0 cm³/mol. The number of nitrogens with zero attached hydrogens (tertiary/aromatic N) is 5. The van der Waals surface area contributed by atoms with Crippen molar-refractivity contribution in [2.24, 2.45) is 5.11 Å². The lowest BCUT2D eigenvalue weighted by Crippen LogP contribution is -2.45. The van der Waals surface area contributed by atoms with Crippen LogP contribution in [-0.4, -0.2) is 48.6 Å². The van der Waals surface area contributed by atoms with E-state index < -0.39 is 5.79 Å². The zero-order chi connectivity index (χ0) is 14.0. The van der Waals surface area contributed by atoms with Gasteiger partial charge in [0.25, 0.3) is 0 Å². The first-order valence-electron chi connectivity index (χ1n) is 6.46. The highest BCUT2D eigenvalue weighted by molar-refractivity contribution is 5.04. The van der Waals surface area contributed by atoms with E-state index in [0.717, 1.165) is 12.8 Å². The molecule has 0 aromatic carbocycles. The third-order valence-corrected chi connectivity index (χ3v) is 3.89. The van der Waals surface area contributed by atoms with Crippen LogP contribution in [0, 0.1) is 11.3 Å². The number of hydrogen-bond acceptors (Lipinski definition) is 5. The van der Waals surface area contributed by atoms with Gasteiger partial charge < -0.3 is 9.47 Å². The Morgan fingerprint density at radius 2 is 2.26 bits per heavy atom. The molecule has 0 amide bonds. The van der Waals surface area contributed by atoms with Crippen molar-refractivity contribution in [1.82, 2.24) is 4.90 Å². The van der Waals surface area contributed by atoms with Crippen molar-refractivity contribution < 1.29 is 9.47 Å². The van der Waals surface area contributed by atoms with E-state index in [-0.39, 0.29) is 24.2 Å². The van der Waals surface area contributed by atoms with Crippen LogP contribution < -0.4 is 0 Å². The van der Waals surface area contributed by atoms with Gasteiger partial charge in [-0.25, -0.2) is 0 Å². The molecule has 19 heavy (non-hydrogen) atoms. The summed E-state index contributed by atoms with van der Waals surface area (Å²) < 4.78 is 11.3. The zero-order valence-electron chi connectivity index (χ0n) is 11.5. The topological polar surface area (TPSA) is 94.3 Å². The molecule has 0 saturated carbocycles. The summed E-state index contributed by atoms with van der Waals surface area (Å²) >= 11 is 0. The van der Waals surface area contributed by atoms with E-state index >= 15 is 0 Å². The maximum Gasteiger partial charge on any atom is 0.163 e. The lowest BCUT2D eigenvalue weighted by molar-refractivity contribution is -0.142. The fraction of sp³-hybridized carbons (Fsp3) is 0.917. The number of likely N-dealkylation sites (tertiary alicyclic amines) is 1. The average Bonchev–Trinajstić information content (AvgIpc) is 2.89. The molecule has 7 nitrogen and oxygen atoms in total. The van der Waals surface area contributed by atoms with Crippen LogP contribution in [0.25, 0.3) is 10.4 Å². The quantitative estimate of drug-likeness (QED) is 0.441. The second-order valence-electron chi connectivity index (χ2n) is 5.52. The molecule has 2 aliphatic rings. The molecule has 4 atom stereocenters. The average molecular weight is 265 g/mol. The van der Waals surface area contributed by atoms with Gasteiger partial charge in [0.05, 0.1) is 30.9 Å². The highest BCUT2D eigenvalue weighted by Gasteiger charge is 2.44. The molecule has 104 valence electrons. The fourth-order valence-electron chi connectivity index (χ4n) is 2.88. The number of rotatable bonds is 3. The number of hydrogen-bond donors (Lipinski definition) is 0. The van der Waals surface area contributed by atoms with Gasteiger partial charge in [0.15, 0.2) is 5.79 Å². The molecule has 2 fully saturated rings. The first kappa shape index (κ1) is 14.1. The van der Waals surface area contributed by atoms with Gasteiger partial charge in [-0.15, -0.1) is 0 Å². The standard InChI is InChI=1S/C12H19N5O2/c1-12(2)18-7-10(19-12)11(15-16-14)9-5-4-8(6-13)17(9)3/h8-11H,4-5,7H2,1-3H3/t8?,9-,10-,11-/m1/s1. The predicted octanol–water partition coefficient (Wildman–Crippen LogP) is 1.80. The minimum atomic E-state index is -0.639. The second kappa shape index (κ2) is 5.35. The summed E-state index contributed by atoms with van der Waals surface area (Å²) in [6.07, 6.45) is 1.38. The van der Waals surface area contributed by atoms with Crippen LogP contribution in [0.3, 0.4) is 0 Å². The summed E-state index contributed by atoms with van der Waals surface area (Å²) in [5.74, 6) is -0.639. The van der Waals surface area contributed by atoms with E-state index in [0.29, 0.717) is 6.61 Å². The van der Waals surface area contributed by atoms with Crippen molar-refractivity contribution in [3.63, 3.8) is 0 Å². The molecule has 0 bridgehead atoms. The highest BCUT2D eigenvalue weighted by Crippen LogP contribution is 2.32. The molecule has 0 radical (unpaired) electrons. The van der Waals surface area contributed by atoms with Gasteiger partial charge in [-0.3, -0.25) is 4.90 Å². The van der Waals surface area contributed by atoms with E-state index in [1.165, 1.54) is 0 Å². The first-order chi connectivity index (χ1) is 8.98. The number of nitriles is 1. The van der Waals surface area contributed by atoms with Gasteiger partial charge in [-0.2, -0.15) is 5.26 Å². The van der Waals surface area contributed by atoms with Gasteiger partial charge in [0.2, 0.25) is 0 Å². The zero-order valence-corrected chi connectivity index (χ0v) is 11.5. The summed E-state index contributed by atoms with van der Waals surface area (Å²) in [6, 6.07) is 1.86. The molecule has 2 rings (SSSR count). The van der Waals surface area contributed by atoms with Crippen molar-refractivity contribution in [2.45, 2.75) is 56.7 Å². The summed E-state index contributed by atoms with van der Waals surface area (Å²) in [7, 11) is 1.90. The van der Waals surface area contributed by atoms with E-state index in [1.807, 2.05) is 25.8 Å². The van der Waals surface area contributed by atoms with Crippen LogP contribution in [0.2, 0.25) is 0 Å². The van der Waals surface area contributed by atoms with Crippen molar-refractivity contribution >= 4 is 0 Å². The maximum atomic E-state index is 9.06. The van der Waals surface area contributed by atoms with Gasteiger partial charge >= 0.3 is 0 Å². The molecule has 0 aromatic heterocycles. The van der Waals surface area contributed by atoms with Crippen molar-refractivity contribution in [1.29, 1.82) is 5.26 Å². The Labute approximate surface area is 112 Å². The number of ether oxygens (including phenoxy) is 2. The molecule has 2 saturated heterocycles. The lowest BCUT2D eigenvalue weighted by Gasteiger charge is -2.30. The molecule has 2 aliphatic heterocycles. The highest BCUT2D eigenvalue weighted by atomic mass is 16.7. The molecular weight excluding hydrogens is 246 g/mol. The summed E-state index contributed by atoms with van der Waals surface area (Å²) in [5, 5.41) is 13.0. The molecule has 0 spiro atoms. The Hall–Kier alpha value is -1.32. The van der Waals surface area contributed by atoms with Crippen molar-refractivity contribution in [3.8, 4) is 6.07 Å².